The van der Waals surface area contributed by atoms with Crippen LogP contribution in [0.4, 0.5) is 5.82 Å². The van der Waals surface area contributed by atoms with Crippen molar-refractivity contribution in [3.8, 4) is 23.6 Å². The molecule has 1 fully saturated rings. The number of rotatable bonds is 19. The number of carbonyl (C=O) groups is 1. The zero-order chi connectivity index (χ0) is 41.7. The number of nitrogens with one attached hydrogen (secondary N) is 1. The molecule has 0 bridgehead atoms. The first-order chi connectivity index (χ1) is 29.5. The topological polar surface area (TPSA) is 185 Å². The van der Waals surface area contributed by atoms with Crippen molar-refractivity contribution >= 4 is 39.9 Å². The lowest BCUT2D eigenvalue weighted by atomic mass is 9.80. The first kappa shape index (κ1) is 44.3. The maximum absolute atomic E-state index is 13.1. The van der Waals surface area contributed by atoms with Crippen molar-refractivity contribution < 1.29 is 37.3 Å². The van der Waals surface area contributed by atoms with E-state index in [9.17, 15) is 15.3 Å². The Balaban J connectivity index is 0.00000622. The summed E-state index contributed by atoms with van der Waals surface area (Å²) in [5, 5.41) is 21.3. The number of anilines is 1. The van der Waals surface area contributed by atoms with E-state index in [0.29, 0.717) is 28.2 Å². The van der Waals surface area contributed by atoms with Crippen molar-refractivity contribution in [1.82, 2.24) is 19.5 Å². The number of benzene rings is 4. The van der Waals surface area contributed by atoms with Crippen LogP contribution in [0.2, 0.25) is 0 Å². The molecule has 0 saturated carbocycles. The van der Waals surface area contributed by atoms with E-state index in [1.165, 1.54) is 6.33 Å². The molecule has 4 aromatic carbocycles. The lowest BCUT2D eigenvalue weighted by Crippen LogP contribution is -2.38. The number of methoxy groups -OCH3 is 2. The van der Waals surface area contributed by atoms with E-state index in [2.05, 4.69) is 32.4 Å². The molecule has 0 unspecified atom stereocenters. The number of ether oxygens (including phenoxy) is 4. The van der Waals surface area contributed by atoms with Crippen LogP contribution in [0.5, 0.6) is 11.5 Å². The van der Waals surface area contributed by atoms with Gasteiger partial charge in [-0.2, -0.15) is 10.5 Å². The van der Waals surface area contributed by atoms with Gasteiger partial charge in [0.05, 0.1) is 71.5 Å². The summed E-state index contributed by atoms with van der Waals surface area (Å²) in [5.74, 6) is 1.27. The molecule has 3 atom stereocenters. The van der Waals surface area contributed by atoms with E-state index >= 15 is 0 Å². The normalized spacial score (nSPS) is 16.0. The zero-order valence-corrected chi connectivity index (χ0v) is 34.4. The van der Waals surface area contributed by atoms with E-state index in [1.54, 1.807) is 49.4 Å². The van der Waals surface area contributed by atoms with Gasteiger partial charge in [0.25, 0.3) is 5.91 Å². The average Bonchev–Trinajstić information content (AvgIpc) is 3.92. The molecule has 61 heavy (non-hydrogen) atoms. The standard InChI is InChI=1S/C44H42N7O8P.B/c1-53-35-19-15-33(16-20-35)44(32-13-7-4-8-14-32,34-17-21-36(54-2)22-18-34)55-28-38-37(59-60(56-25-9-23-45)57-26-10-24-46)27-39(58-38)51-30-49-40-41(47-29-48-42(40)51)50-43(52)31-11-5-3-6-12-31;/h3-8,11-22,29-30,37-39H,9-10,25-28H2,1-2H3,(H,47,48,50,52);/t37-,38+,39+;/m0./s1. The molecule has 1 aliphatic heterocycles. The summed E-state index contributed by atoms with van der Waals surface area (Å²) in [4.78, 5) is 26.5. The maximum Gasteiger partial charge on any atom is 0.333 e. The van der Waals surface area contributed by atoms with Gasteiger partial charge in [-0.15, -0.1) is 0 Å². The minimum atomic E-state index is -2.02. The van der Waals surface area contributed by atoms with Gasteiger partial charge in [-0.25, -0.2) is 15.0 Å². The number of imidazole rings is 1. The highest BCUT2D eigenvalue weighted by molar-refractivity contribution is 7.41. The molecule has 1 amide bonds. The Hall–Kier alpha value is -6.23. The van der Waals surface area contributed by atoms with Gasteiger partial charge in [-0.1, -0.05) is 72.8 Å². The molecule has 3 radical (unpaired) electrons. The average molecular weight is 839 g/mol. The van der Waals surface area contributed by atoms with Gasteiger partial charge in [0.2, 0.25) is 0 Å². The highest BCUT2D eigenvalue weighted by Crippen LogP contribution is 2.48. The van der Waals surface area contributed by atoms with Gasteiger partial charge in [0.1, 0.15) is 35.8 Å². The van der Waals surface area contributed by atoms with Gasteiger partial charge < -0.3 is 37.8 Å². The highest BCUT2D eigenvalue weighted by Gasteiger charge is 2.44. The molecular formula is C44H42BN7O8P. The smallest absolute Gasteiger partial charge is 0.333 e. The molecule has 0 spiro atoms. The van der Waals surface area contributed by atoms with Crippen LogP contribution in [0.1, 0.15) is 52.5 Å². The lowest BCUT2D eigenvalue weighted by Gasteiger charge is -2.37. The van der Waals surface area contributed by atoms with E-state index in [4.69, 9.17) is 32.5 Å². The Morgan fingerprint density at radius 1 is 0.820 bits per heavy atom. The Kier molecular flexibility index (Phi) is 15.5. The van der Waals surface area contributed by atoms with Crippen LogP contribution in [-0.2, 0) is 28.6 Å². The summed E-state index contributed by atoms with van der Waals surface area (Å²) in [6.07, 6.45) is 1.37. The molecule has 0 aliphatic carbocycles. The van der Waals surface area contributed by atoms with Crippen molar-refractivity contribution in [2.24, 2.45) is 0 Å². The minimum Gasteiger partial charge on any atom is -0.497 e. The fraction of sp³-hybridized carbons (Fsp3) is 0.273. The first-order valence-electron chi connectivity index (χ1n) is 19.1. The Bertz CT molecular complexity index is 2350. The van der Waals surface area contributed by atoms with E-state index in [1.807, 2.05) is 84.9 Å². The second-order valence-electron chi connectivity index (χ2n) is 13.4. The van der Waals surface area contributed by atoms with Gasteiger partial charge in [-0.05, 0) is 53.1 Å². The molecule has 7 rings (SSSR count). The number of nitrogens with zero attached hydrogens (tertiary/aromatic N) is 6. The van der Waals surface area contributed by atoms with Crippen LogP contribution in [-0.4, -0.2) is 80.1 Å². The van der Waals surface area contributed by atoms with Crippen LogP contribution < -0.4 is 14.8 Å². The number of fused-ring (bicyclic) bond motifs is 1. The quantitative estimate of drug-likeness (QED) is 0.0367. The molecule has 2 aromatic heterocycles. The molecule has 15 nitrogen and oxygen atoms in total. The second kappa shape index (κ2) is 21.3. The lowest BCUT2D eigenvalue weighted by molar-refractivity contribution is -0.0916. The predicted octanol–water partition coefficient (Wildman–Crippen LogP) is 7.48. The third-order valence-corrected chi connectivity index (χ3v) is 11.0. The number of aromatic nitrogens is 4. The number of amides is 1. The van der Waals surface area contributed by atoms with Crippen molar-refractivity contribution in [2.45, 2.75) is 43.3 Å². The predicted molar refractivity (Wildman–Crippen MR) is 226 cm³/mol. The highest BCUT2D eigenvalue weighted by atomic mass is 31.2. The van der Waals surface area contributed by atoms with Gasteiger partial charge in [0.15, 0.2) is 17.0 Å². The summed E-state index contributed by atoms with van der Waals surface area (Å²) in [7, 11) is 1.22. The Morgan fingerprint density at radius 3 is 1.97 bits per heavy atom. The van der Waals surface area contributed by atoms with Crippen LogP contribution in [0, 0.1) is 22.7 Å². The Labute approximate surface area is 356 Å². The van der Waals surface area contributed by atoms with Crippen LogP contribution in [0.15, 0.2) is 122 Å². The fourth-order valence-electron chi connectivity index (χ4n) is 6.88. The molecular weight excluding hydrogens is 796 g/mol. The number of hydrogen-bond acceptors (Lipinski definition) is 13. The maximum atomic E-state index is 13.1. The number of nitriles is 2. The van der Waals surface area contributed by atoms with Crippen molar-refractivity contribution in [2.75, 3.05) is 39.4 Å². The molecule has 309 valence electrons. The van der Waals surface area contributed by atoms with E-state index in [0.717, 1.165) is 16.7 Å². The van der Waals surface area contributed by atoms with Crippen molar-refractivity contribution in [1.29, 1.82) is 10.5 Å². The molecule has 3 heterocycles. The molecule has 1 aliphatic rings. The van der Waals surface area contributed by atoms with Gasteiger partial charge in [0, 0.05) is 20.4 Å². The summed E-state index contributed by atoms with van der Waals surface area (Å²) in [5.41, 5.74) is 2.61. The molecule has 1 saturated heterocycles. The second-order valence-corrected chi connectivity index (χ2v) is 14.6. The summed E-state index contributed by atoms with van der Waals surface area (Å²) in [6.45, 7) is 0.146. The van der Waals surface area contributed by atoms with Crippen LogP contribution in [0.3, 0.4) is 0 Å². The Morgan fingerprint density at radius 2 is 1.39 bits per heavy atom. The van der Waals surface area contributed by atoms with Crippen LogP contribution in [0.25, 0.3) is 11.2 Å². The third-order valence-electron chi connectivity index (χ3n) is 9.80. The minimum absolute atomic E-state index is 0. The fourth-order valence-corrected chi connectivity index (χ4v) is 8.00. The monoisotopic (exact) mass is 838 g/mol. The first-order valence-corrected chi connectivity index (χ1v) is 20.2. The molecule has 1 N–H and O–H groups in total. The van der Waals surface area contributed by atoms with Gasteiger partial charge >= 0.3 is 8.60 Å². The molecule has 17 heteroatoms. The van der Waals surface area contributed by atoms with E-state index in [-0.39, 0.29) is 59.2 Å². The van der Waals surface area contributed by atoms with Crippen molar-refractivity contribution in [3.63, 3.8) is 0 Å². The molecule has 6 aromatic rings. The van der Waals surface area contributed by atoms with Crippen LogP contribution >= 0.6 is 8.60 Å². The number of carbonyl (C=O) groups excluding carboxylic acids is 1. The summed E-state index contributed by atoms with van der Waals surface area (Å²) in [6, 6.07) is 38.3. The third kappa shape index (κ3) is 10.2. The number of hydrogen-bond donors (Lipinski definition) is 1. The van der Waals surface area contributed by atoms with E-state index < -0.39 is 32.6 Å². The SMILES string of the molecule is COc1ccc(C(OC[C@H]2O[C@@H](n3cnc4c(NC(=O)c5ccccc5)ncnc43)C[C@@H]2OP(OCCC#N)OCCC#N)(c2ccccc2)c2ccc(OC)cc2)cc1.[B]. The zero-order valence-electron chi connectivity index (χ0n) is 33.5. The van der Waals surface area contributed by atoms with Gasteiger partial charge in [-0.3, -0.25) is 9.36 Å². The largest absolute Gasteiger partial charge is 0.497 e. The van der Waals surface area contributed by atoms with Crippen molar-refractivity contribution in [3.05, 3.63) is 144 Å². The summed E-state index contributed by atoms with van der Waals surface area (Å²) >= 11 is 0. The summed E-state index contributed by atoms with van der Waals surface area (Å²) < 4.78 is 45.3.